The molecule has 0 spiro atoms. The molecule has 0 unspecified atom stereocenters. The lowest BCUT2D eigenvalue weighted by Gasteiger charge is -2.22. The lowest BCUT2D eigenvalue weighted by atomic mass is 9.82. The van der Waals surface area contributed by atoms with E-state index in [4.69, 9.17) is 9.73 Å². The third-order valence-electron chi connectivity index (χ3n) is 4.98. The fourth-order valence-electron chi connectivity index (χ4n) is 3.68. The van der Waals surface area contributed by atoms with E-state index in [9.17, 15) is 0 Å². The summed E-state index contributed by atoms with van der Waals surface area (Å²) in [5, 5.41) is 0. The van der Waals surface area contributed by atoms with Crippen LogP contribution in [0, 0.1) is 6.92 Å². The fourth-order valence-corrected chi connectivity index (χ4v) is 3.68. The van der Waals surface area contributed by atoms with E-state index in [1.54, 1.807) is 0 Å². The van der Waals surface area contributed by atoms with Crippen molar-refractivity contribution in [1.29, 1.82) is 0 Å². The zero-order valence-electron chi connectivity index (χ0n) is 16.1. The molecule has 27 heavy (non-hydrogen) atoms. The van der Waals surface area contributed by atoms with E-state index in [2.05, 4.69) is 99.6 Å². The molecule has 0 fully saturated rings. The summed E-state index contributed by atoms with van der Waals surface area (Å²) < 4.78 is 6.01. The van der Waals surface area contributed by atoms with Crippen LogP contribution in [0.1, 0.15) is 47.6 Å². The van der Waals surface area contributed by atoms with Crippen LogP contribution in [-0.4, -0.2) is 18.0 Å². The summed E-state index contributed by atoms with van der Waals surface area (Å²) in [6.07, 6.45) is 0. The first kappa shape index (κ1) is 17.5. The summed E-state index contributed by atoms with van der Waals surface area (Å²) in [5.74, 6) is 0.893. The maximum Gasteiger partial charge on any atom is 0.217 e. The minimum absolute atomic E-state index is 0.136. The number of rotatable bonds is 4. The van der Waals surface area contributed by atoms with Crippen molar-refractivity contribution in [1.82, 2.24) is 0 Å². The second kappa shape index (κ2) is 7.03. The van der Waals surface area contributed by atoms with E-state index >= 15 is 0 Å². The fraction of sp³-hybridized carbons (Fsp3) is 0.240. The van der Waals surface area contributed by atoms with E-state index in [0.717, 1.165) is 11.5 Å². The Morgan fingerprint density at radius 3 is 1.96 bits per heavy atom. The van der Waals surface area contributed by atoms with Crippen LogP contribution in [0.5, 0.6) is 0 Å². The lowest BCUT2D eigenvalue weighted by molar-refractivity contribution is 0.279. The van der Waals surface area contributed by atoms with Gasteiger partial charge in [0.25, 0.3) is 0 Å². The van der Waals surface area contributed by atoms with Gasteiger partial charge in [0.2, 0.25) is 5.90 Å². The van der Waals surface area contributed by atoms with Gasteiger partial charge in [-0.3, -0.25) is 0 Å². The Bertz CT molecular complexity index is 919. The quantitative estimate of drug-likeness (QED) is 0.548. The second-order valence-corrected chi connectivity index (χ2v) is 7.86. The summed E-state index contributed by atoms with van der Waals surface area (Å²) in [6.45, 7) is 6.98. The topological polar surface area (TPSA) is 21.6 Å². The van der Waals surface area contributed by atoms with Crippen LogP contribution >= 0.6 is 0 Å². The van der Waals surface area contributed by atoms with E-state index < -0.39 is 0 Å². The number of nitrogens with zero attached hydrogens (tertiary/aromatic N) is 1. The first-order valence-corrected chi connectivity index (χ1v) is 9.47. The maximum atomic E-state index is 6.01. The molecule has 136 valence electrons. The molecule has 2 heteroatoms. The van der Waals surface area contributed by atoms with Crippen LogP contribution in [0.2, 0.25) is 0 Å². The summed E-state index contributed by atoms with van der Waals surface area (Å²) in [4.78, 5) is 4.85. The van der Waals surface area contributed by atoms with Crippen molar-refractivity contribution in [2.75, 3.05) is 6.61 Å². The smallest absolute Gasteiger partial charge is 0.217 e. The Balaban J connectivity index is 1.92. The van der Waals surface area contributed by atoms with Gasteiger partial charge in [-0.05, 0) is 43.5 Å². The molecule has 1 aliphatic heterocycles. The van der Waals surface area contributed by atoms with Gasteiger partial charge < -0.3 is 4.74 Å². The Kier molecular flexibility index (Phi) is 4.57. The van der Waals surface area contributed by atoms with Crippen molar-refractivity contribution in [3.8, 4) is 0 Å². The number of hydrogen-bond acceptors (Lipinski definition) is 2. The van der Waals surface area contributed by atoms with Gasteiger partial charge in [-0.2, -0.15) is 0 Å². The van der Waals surface area contributed by atoms with E-state index in [-0.39, 0.29) is 11.5 Å². The minimum atomic E-state index is -0.174. The van der Waals surface area contributed by atoms with Crippen molar-refractivity contribution in [2.24, 2.45) is 4.99 Å². The molecule has 0 bridgehead atoms. The molecule has 0 N–H and O–H groups in total. The minimum Gasteiger partial charge on any atom is -0.475 e. The van der Waals surface area contributed by atoms with Gasteiger partial charge in [-0.25, -0.2) is 4.99 Å². The monoisotopic (exact) mass is 355 g/mol. The average molecular weight is 355 g/mol. The molecular weight excluding hydrogens is 330 g/mol. The van der Waals surface area contributed by atoms with Crippen molar-refractivity contribution < 1.29 is 4.74 Å². The van der Waals surface area contributed by atoms with E-state index in [1.807, 2.05) is 0 Å². The van der Waals surface area contributed by atoms with Gasteiger partial charge in [0.05, 0.1) is 5.54 Å². The molecule has 0 aliphatic carbocycles. The van der Waals surface area contributed by atoms with Crippen LogP contribution in [0.3, 0.4) is 0 Å². The predicted octanol–water partition coefficient (Wildman–Crippen LogP) is 5.73. The highest BCUT2D eigenvalue weighted by Gasteiger charge is 2.30. The zero-order chi connectivity index (χ0) is 18.9. The molecule has 1 heterocycles. The van der Waals surface area contributed by atoms with Gasteiger partial charge in [0, 0.05) is 11.5 Å². The first-order chi connectivity index (χ1) is 13.0. The van der Waals surface area contributed by atoms with Crippen LogP contribution in [0.15, 0.2) is 83.9 Å². The number of aryl methyl sites for hydroxylation is 1. The second-order valence-electron chi connectivity index (χ2n) is 7.86. The van der Waals surface area contributed by atoms with Crippen LogP contribution in [0.4, 0.5) is 0 Å². The van der Waals surface area contributed by atoms with Crippen molar-refractivity contribution in [3.63, 3.8) is 0 Å². The van der Waals surface area contributed by atoms with E-state index in [0.29, 0.717) is 6.61 Å². The average Bonchev–Trinajstić information content (AvgIpc) is 3.03. The van der Waals surface area contributed by atoms with Gasteiger partial charge >= 0.3 is 0 Å². The van der Waals surface area contributed by atoms with Crippen LogP contribution < -0.4 is 0 Å². The molecular formula is C25H25NO. The summed E-state index contributed by atoms with van der Waals surface area (Å²) in [6, 6.07) is 27.9. The SMILES string of the molecule is Cc1ccc(C2=NC(C)(C)CO2)c(C(c2ccccc2)c2ccccc2)c1. The van der Waals surface area contributed by atoms with Gasteiger partial charge in [0.1, 0.15) is 6.61 Å². The predicted molar refractivity (Wildman–Crippen MR) is 112 cm³/mol. The number of aliphatic imine (C=N–C) groups is 1. The molecule has 2 nitrogen and oxygen atoms in total. The molecule has 0 amide bonds. The standard InChI is InChI=1S/C25H25NO/c1-18-14-15-21(24-26-25(2,3)17-27-24)22(16-18)23(19-10-6-4-7-11-19)20-12-8-5-9-13-20/h4-16,23H,17H2,1-3H3. The summed E-state index contributed by atoms with van der Waals surface area (Å²) in [7, 11) is 0. The molecule has 0 atom stereocenters. The van der Waals surface area contributed by atoms with Gasteiger partial charge in [-0.1, -0.05) is 78.4 Å². The first-order valence-electron chi connectivity index (χ1n) is 9.47. The molecule has 0 saturated carbocycles. The Morgan fingerprint density at radius 1 is 0.852 bits per heavy atom. The Morgan fingerprint density at radius 2 is 1.44 bits per heavy atom. The molecule has 1 aliphatic rings. The highest BCUT2D eigenvalue weighted by atomic mass is 16.5. The normalized spacial score (nSPS) is 15.5. The largest absolute Gasteiger partial charge is 0.475 e. The number of benzene rings is 3. The lowest BCUT2D eigenvalue weighted by Crippen LogP contribution is -2.17. The zero-order valence-corrected chi connectivity index (χ0v) is 16.1. The molecule has 0 aromatic heterocycles. The molecule has 0 radical (unpaired) electrons. The van der Waals surface area contributed by atoms with Crippen LogP contribution in [-0.2, 0) is 4.74 Å². The number of ether oxygens (including phenoxy) is 1. The highest BCUT2D eigenvalue weighted by Crippen LogP contribution is 2.36. The van der Waals surface area contributed by atoms with Gasteiger partial charge in [0.15, 0.2) is 0 Å². The van der Waals surface area contributed by atoms with Crippen molar-refractivity contribution in [2.45, 2.75) is 32.2 Å². The molecule has 0 saturated heterocycles. The van der Waals surface area contributed by atoms with Crippen molar-refractivity contribution >= 4 is 5.90 Å². The molecule has 3 aromatic rings. The van der Waals surface area contributed by atoms with Gasteiger partial charge in [-0.15, -0.1) is 0 Å². The third kappa shape index (κ3) is 3.66. The van der Waals surface area contributed by atoms with Crippen LogP contribution in [0.25, 0.3) is 0 Å². The third-order valence-corrected chi connectivity index (χ3v) is 4.98. The summed E-state index contributed by atoms with van der Waals surface area (Å²) >= 11 is 0. The summed E-state index contributed by atoms with van der Waals surface area (Å²) in [5.41, 5.74) is 5.94. The van der Waals surface area contributed by atoms with Crippen molar-refractivity contribution in [3.05, 3.63) is 107 Å². The maximum absolute atomic E-state index is 6.01. The molecule has 4 rings (SSSR count). The Labute approximate surface area is 161 Å². The molecule has 3 aromatic carbocycles. The Hall–Kier alpha value is -2.87. The number of hydrogen-bond donors (Lipinski definition) is 0. The van der Waals surface area contributed by atoms with E-state index in [1.165, 1.54) is 22.3 Å². The highest BCUT2D eigenvalue weighted by molar-refractivity contribution is 5.97.